The molecule has 0 saturated carbocycles. The van der Waals surface area contributed by atoms with E-state index >= 15 is 0 Å². The Hall–Kier alpha value is -0.370. The maximum atomic E-state index is 3.92. The van der Waals surface area contributed by atoms with E-state index in [0.717, 1.165) is 12.3 Å². The van der Waals surface area contributed by atoms with Crippen molar-refractivity contribution in [3.8, 4) is 0 Å². The lowest BCUT2D eigenvalue weighted by atomic mass is 10.4. The van der Waals surface area contributed by atoms with E-state index in [1.54, 1.807) is 6.67 Å². The summed E-state index contributed by atoms with van der Waals surface area (Å²) in [5.74, 6) is 0. The quantitative estimate of drug-likeness (QED) is 0.443. The smallest absolute Gasteiger partial charge is 0.136 e. The highest BCUT2D eigenvalue weighted by molar-refractivity contribution is 5.85. The average Bonchev–Trinajstić information content (AvgIpc) is 1.86. The molecule has 0 spiro atoms. The van der Waals surface area contributed by atoms with Crippen molar-refractivity contribution in [2.45, 2.75) is 6.92 Å². The van der Waals surface area contributed by atoms with Gasteiger partial charge in [0.15, 0.2) is 0 Å². The first-order valence-electron chi connectivity index (χ1n) is 1.98. The Morgan fingerprint density at radius 3 is 3.00 bits per heavy atom. The summed E-state index contributed by atoms with van der Waals surface area (Å²) < 4.78 is 0. The van der Waals surface area contributed by atoms with Gasteiger partial charge in [0.05, 0.1) is 0 Å². The lowest BCUT2D eigenvalue weighted by Gasteiger charge is -1.79. The van der Waals surface area contributed by atoms with Gasteiger partial charge in [0.25, 0.3) is 0 Å². The van der Waals surface area contributed by atoms with E-state index in [4.69, 9.17) is 0 Å². The van der Waals surface area contributed by atoms with Crippen LogP contribution in [0.3, 0.4) is 0 Å². The van der Waals surface area contributed by atoms with Gasteiger partial charge in [0, 0.05) is 12.3 Å². The number of nitrogens with one attached hydrogen (secondary N) is 1. The third-order valence-electron chi connectivity index (χ3n) is 0.734. The molecule has 1 aliphatic heterocycles. The number of aliphatic imine (C=N–C) groups is 1. The molecule has 2 heteroatoms. The molecule has 0 amide bonds. The molecule has 1 heterocycles. The minimum absolute atomic E-state index is 0.931. The molecule has 0 unspecified atom stereocenters. The highest BCUT2D eigenvalue weighted by Gasteiger charge is 1.95. The molecule has 1 aliphatic rings. The van der Waals surface area contributed by atoms with Crippen molar-refractivity contribution >= 4 is 5.71 Å². The van der Waals surface area contributed by atoms with E-state index in [0.29, 0.717) is 0 Å². The molecule has 0 aliphatic carbocycles. The summed E-state index contributed by atoms with van der Waals surface area (Å²) >= 11 is 0. The molecule has 0 saturated heterocycles. The fourth-order valence-electron chi connectivity index (χ4n) is 0.395. The third-order valence-corrected chi connectivity index (χ3v) is 0.734. The Morgan fingerprint density at radius 2 is 2.83 bits per heavy atom. The minimum atomic E-state index is 0.931. The van der Waals surface area contributed by atoms with Gasteiger partial charge < -0.3 is 0 Å². The van der Waals surface area contributed by atoms with Gasteiger partial charge in [-0.25, -0.2) is 0 Å². The standard InChI is InChI=1S/C4H7N2/c1-4-2-5-3-6-4/h3,5H,2H2,1H3. The van der Waals surface area contributed by atoms with Gasteiger partial charge in [0.2, 0.25) is 0 Å². The lowest BCUT2D eigenvalue weighted by molar-refractivity contribution is 0.962. The zero-order valence-electron chi connectivity index (χ0n) is 3.73. The van der Waals surface area contributed by atoms with Crippen LogP contribution < -0.4 is 5.32 Å². The van der Waals surface area contributed by atoms with E-state index < -0.39 is 0 Å². The van der Waals surface area contributed by atoms with E-state index in [-0.39, 0.29) is 0 Å². The average molecular weight is 83.1 g/mol. The van der Waals surface area contributed by atoms with Crippen LogP contribution in [0.2, 0.25) is 0 Å². The highest BCUT2D eigenvalue weighted by Crippen LogP contribution is 1.85. The molecular weight excluding hydrogens is 76.1 g/mol. The van der Waals surface area contributed by atoms with Crippen molar-refractivity contribution in [3.63, 3.8) is 0 Å². The summed E-state index contributed by atoms with van der Waals surface area (Å²) in [5.41, 5.74) is 1.16. The summed E-state index contributed by atoms with van der Waals surface area (Å²) in [7, 11) is 0. The van der Waals surface area contributed by atoms with E-state index in [9.17, 15) is 0 Å². The maximum Gasteiger partial charge on any atom is 0.136 e. The van der Waals surface area contributed by atoms with Crippen LogP contribution in [0.5, 0.6) is 0 Å². The van der Waals surface area contributed by atoms with E-state index in [1.165, 1.54) is 0 Å². The molecule has 0 aromatic heterocycles. The van der Waals surface area contributed by atoms with Crippen LogP contribution >= 0.6 is 0 Å². The second kappa shape index (κ2) is 1.39. The Morgan fingerprint density at radius 1 is 2.00 bits per heavy atom. The number of hydrogen-bond donors (Lipinski definition) is 1. The molecule has 1 N–H and O–H groups in total. The SMILES string of the molecule is CC1=N[CH]NC1. The van der Waals surface area contributed by atoms with Crippen LogP contribution in [0.4, 0.5) is 0 Å². The van der Waals surface area contributed by atoms with Gasteiger partial charge in [-0.1, -0.05) is 0 Å². The minimum Gasteiger partial charge on any atom is -0.288 e. The summed E-state index contributed by atoms with van der Waals surface area (Å²) in [5, 5.41) is 2.94. The number of hydrogen-bond acceptors (Lipinski definition) is 2. The maximum absolute atomic E-state index is 3.92. The summed E-state index contributed by atoms with van der Waals surface area (Å²) in [4.78, 5) is 3.92. The normalized spacial score (nSPS) is 21.2. The fourth-order valence-corrected chi connectivity index (χ4v) is 0.395. The van der Waals surface area contributed by atoms with Crippen LogP contribution in [0.25, 0.3) is 0 Å². The zero-order valence-corrected chi connectivity index (χ0v) is 3.73. The van der Waals surface area contributed by atoms with Crippen molar-refractivity contribution in [2.24, 2.45) is 4.99 Å². The van der Waals surface area contributed by atoms with Crippen molar-refractivity contribution in [3.05, 3.63) is 6.67 Å². The van der Waals surface area contributed by atoms with Crippen LogP contribution in [0, 0.1) is 6.67 Å². The molecule has 2 nitrogen and oxygen atoms in total. The van der Waals surface area contributed by atoms with Crippen LogP contribution in [-0.4, -0.2) is 12.3 Å². The van der Waals surface area contributed by atoms with E-state index in [1.807, 2.05) is 6.92 Å². The van der Waals surface area contributed by atoms with Crippen LogP contribution in [0.15, 0.2) is 4.99 Å². The van der Waals surface area contributed by atoms with Gasteiger partial charge in [-0.3, -0.25) is 10.3 Å². The van der Waals surface area contributed by atoms with Gasteiger partial charge in [-0.15, -0.1) is 0 Å². The molecule has 0 bridgehead atoms. The number of nitrogens with zero attached hydrogens (tertiary/aromatic N) is 1. The van der Waals surface area contributed by atoms with Crippen molar-refractivity contribution in [1.82, 2.24) is 5.32 Å². The molecule has 1 radical (unpaired) electrons. The van der Waals surface area contributed by atoms with Crippen LogP contribution in [-0.2, 0) is 0 Å². The summed E-state index contributed by atoms with van der Waals surface area (Å²) in [6.07, 6.45) is 0. The van der Waals surface area contributed by atoms with E-state index in [2.05, 4.69) is 10.3 Å². The molecule has 0 aromatic carbocycles. The Labute approximate surface area is 37.3 Å². The van der Waals surface area contributed by atoms with Gasteiger partial charge in [0.1, 0.15) is 6.67 Å². The Bertz CT molecular complexity index is 75.6. The highest BCUT2D eigenvalue weighted by atomic mass is 15.1. The summed E-state index contributed by atoms with van der Waals surface area (Å²) in [6, 6.07) is 0. The van der Waals surface area contributed by atoms with Crippen molar-refractivity contribution < 1.29 is 0 Å². The molecule has 0 fully saturated rings. The number of rotatable bonds is 0. The van der Waals surface area contributed by atoms with Gasteiger partial charge in [-0.05, 0) is 6.92 Å². The fraction of sp³-hybridized carbons (Fsp3) is 0.500. The first-order valence-corrected chi connectivity index (χ1v) is 1.98. The molecule has 0 atom stereocenters. The van der Waals surface area contributed by atoms with Crippen molar-refractivity contribution in [1.29, 1.82) is 0 Å². The molecule has 6 heavy (non-hydrogen) atoms. The first-order chi connectivity index (χ1) is 2.89. The van der Waals surface area contributed by atoms with Gasteiger partial charge in [-0.2, -0.15) is 0 Å². The molecule has 0 aromatic rings. The predicted molar refractivity (Wildman–Crippen MR) is 25.4 cm³/mol. The predicted octanol–water partition coefficient (Wildman–Crippen LogP) is 0.170. The van der Waals surface area contributed by atoms with Crippen LogP contribution in [0.1, 0.15) is 6.92 Å². The largest absolute Gasteiger partial charge is 0.288 e. The first kappa shape index (κ1) is 3.81. The monoisotopic (exact) mass is 83.1 g/mol. The molecule has 33 valence electrons. The Balaban J connectivity index is 2.45. The summed E-state index contributed by atoms with van der Waals surface area (Å²) in [6.45, 7) is 4.64. The zero-order chi connectivity index (χ0) is 4.41. The third kappa shape index (κ3) is 0.571. The molecular formula is C4H7N2. The Kier molecular flexibility index (Phi) is 0.881. The van der Waals surface area contributed by atoms with Crippen molar-refractivity contribution in [2.75, 3.05) is 6.54 Å². The lowest BCUT2D eigenvalue weighted by Crippen LogP contribution is -2.07. The topological polar surface area (TPSA) is 24.4 Å². The second-order valence-corrected chi connectivity index (χ2v) is 1.37. The molecule has 1 rings (SSSR count). The second-order valence-electron chi connectivity index (χ2n) is 1.37. The van der Waals surface area contributed by atoms with Gasteiger partial charge >= 0.3 is 0 Å².